The molecule has 0 radical (unpaired) electrons. The molecule has 4 heteroatoms. The Balaban J connectivity index is 2.20. The van der Waals surface area contributed by atoms with E-state index in [2.05, 4.69) is 17.5 Å². The number of hydrogen-bond donors (Lipinski definition) is 1. The highest BCUT2D eigenvalue weighted by atomic mass is 16.2. The van der Waals surface area contributed by atoms with E-state index in [1.807, 2.05) is 25.7 Å². The summed E-state index contributed by atoms with van der Waals surface area (Å²) in [6.07, 6.45) is 6.47. The Kier molecular flexibility index (Phi) is 3.46. The Morgan fingerprint density at radius 2 is 1.83 bits per heavy atom. The van der Waals surface area contributed by atoms with Crippen molar-refractivity contribution in [1.82, 2.24) is 10.2 Å². The van der Waals surface area contributed by atoms with E-state index in [1.165, 1.54) is 0 Å². The van der Waals surface area contributed by atoms with Gasteiger partial charge in [-0.1, -0.05) is 32.9 Å². The average molecular weight is 250 g/mol. The quantitative estimate of drug-likeness (QED) is 0.716. The smallest absolute Gasteiger partial charge is 0.245 e. The summed E-state index contributed by atoms with van der Waals surface area (Å²) in [6, 6.07) is -0.164. The molecule has 1 heterocycles. The molecule has 0 spiro atoms. The maximum absolute atomic E-state index is 12.6. The fourth-order valence-corrected chi connectivity index (χ4v) is 2.60. The standard InChI is InChI=1S/C14H22N2O2/c1-14(2,3)12-13(18)16(9-8-11(17)15-12)10-6-4-5-7-10/h4-5,10,12H,6-9H2,1-3H3,(H,15,17). The molecular weight excluding hydrogens is 228 g/mol. The molecule has 1 unspecified atom stereocenters. The van der Waals surface area contributed by atoms with Gasteiger partial charge >= 0.3 is 0 Å². The number of hydrogen-bond acceptors (Lipinski definition) is 2. The van der Waals surface area contributed by atoms with Crippen LogP contribution in [0.1, 0.15) is 40.0 Å². The van der Waals surface area contributed by atoms with Crippen molar-refractivity contribution < 1.29 is 9.59 Å². The van der Waals surface area contributed by atoms with Crippen LogP contribution in [0.2, 0.25) is 0 Å². The normalized spacial score (nSPS) is 26.4. The van der Waals surface area contributed by atoms with Crippen LogP contribution < -0.4 is 5.32 Å². The van der Waals surface area contributed by atoms with Crippen molar-refractivity contribution in [3.63, 3.8) is 0 Å². The second kappa shape index (κ2) is 4.75. The van der Waals surface area contributed by atoms with E-state index in [9.17, 15) is 9.59 Å². The summed E-state index contributed by atoms with van der Waals surface area (Å²) < 4.78 is 0. The highest BCUT2D eigenvalue weighted by molar-refractivity contribution is 5.90. The second-order valence-corrected chi connectivity index (χ2v) is 6.24. The molecular formula is C14H22N2O2. The van der Waals surface area contributed by atoms with Gasteiger partial charge in [-0.15, -0.1) is 0 Å². The average Bonchev–Trinajstić information content (AvgIpc) is 2.73. The van der Waals surface area contributed by atoms with Gasteiger partial charge in [0.1, 0.15) is 6.04 Å². The van der Waals surface area contributed by atoms with Gasteiger partial charge in [0.15, 0.2) is 0 Å². The topological polar surface area (TPSA) is 49.4 Å². The monoisotopic (exact) mass is 250 g/mol. The van der Waals surface area contributed by atoms with Crippen LogP contribution in [0.4, 0.5) is 0 Å². The third-order valence-corrected chi connectivity index (χ3v) is 3.70. The van der Waals surface area contributed by atoms with Crippen molar-refractivity contribution >= 4 is 11.8 Å². The third-order valence-electron chi connectivity index (χ3n) is 3.70. The van der Waals surface area contributed by atoms with Crippen LogP contribution in [0.5, 0.6) is 0 Å². The minimum atomic E-state index is -0.409. The van der Waals surface area contributed by atoms with Crippen LogP contribution >= 0.6 is 0 Å². The van der Waals surface area contributed by atoms with Gasteiger partial charge in [-0.2, -0.15) is 0 Å². The molecule has 0 aromatic carbocycles. The summed E-state index contributed by atoms with van der Waals surface area (Å²) in [7, 11) is 0. The fraction of sp³-hybridized carbons (Fsp3) is 0.714. The molecule has 0 bridgehead atoms. The number of carbonyl (C=O) groups is 2. The molecule has 1 aliphatic carbocycles. The molecule has 1 N–H and O–H groups in total. The first-order valence-electron chi connectivity index (χ1n) is 6.64. The van der Waals surface area contributed by atoms with E-state index < -0.39 is 6.04 Å². The summed E-state index contributed by atoms with van der Waals surface area (Å²) >= 11 is 0. The van der Waals surface area contributed by atoms with E-state index >= 15 is 0 Å². The minimum absolute atomic E-state index is 0.0169. The summed E-state index contributed by atoms with van der Waals surface area (Å²) in [5.41, 5.74) is -0.249. The van der Waals surface area contributed by atoms with Crippen molar-refractivity contribution in [2.24, 2.45) is 5.41 Å². The SMILES string of the molecule is CC(C)(C)C1NC(=O)CCN(C2CC=CC2)C1=O. The van der Waals surface area contributed by atoms with E-state index in [1.54, 1.807) is 0 Å². The molecule has 2 aliphatic rings. The maximum atomic E-state index is 12.6. The minimum Gasteiger partial charge on any atom is -0.344 e. The highest BCUT2D eigenvalue weighted by Crippen LogP contribution is 2.26. The molecule has 1 saturated heterocycles. The van der Waals surface area contributed by atoms with E-state index in [4.69, 9.17) is 0 Å². The van der Waals surface area contributed by atoms with Crippen LogP contribution in [0.25, 0.3) is 0 Å². The van der Waals surface area contributed by atoms with Crippen LogP contribution in [0.3, 0.4) is 0 Å². The summed E-state index contributed by atoms with van der Waals surface area (Å²) in [6.45, 7) is 6.52. The van der Waals surface area contributed by atoms with Gasteiger partial charge in [-0.05, 0) is 18.3 Å². The maximum Gasteiger partial charge on any atom is 0.245 e. The number of amides is 2. The molecule has 4 nitrogen and oxygen atoms in total. The lowest BCUT2D eigenvalue weighted by atomic mass is 9.85. The Morgan fingerprint density at radius 1 is 1.22 bits per heavy atom. The fourth-order valence-electron chi connectivity index (χ4n) is 2.60. The van der Waals surface area contributed by atoms with E-state index in [0.29, 0.717) is 13.0 Å². The molecule has 0 aromatic heterocycles. The predicted molar refractivity (Wildman–Crippen MR) is 69.9 cm³/mol. The first kappa shape index (κ1) is 13.1. The molecule has 2 rings (SSSR count). The lowest BCUT2D eigenvalue weighted by molar-refractivity contribution is -0.138. The van der Waals surface area contributed by atoms with Crippen LogP contribution in [0, 0.1) is 5.41 Å². The van der Waals surface area contributed by atoms with Gasteiger partial charge in [0.25, 0.3) is 0 Å². The summed E-state index contributed by atoms with van der Waals surface area (Å²) in [5.74, 6) is 0.0544. The lowest BCUT2D eigenvalue weighted by Gasteiger charge is -2.35. The third kappa shape index (κ3) is 2.57. The molecule has 1 fully saturated rings. The Hall–Kier alpha value is -1.32. The highest BCUT2D eigenvalue weighted by Gasteiger charge is 2.39. The van der Waals surface area contributed by atoms with Gasteiger partial charge in [-0.25, -0.2) is 0 Å². The van der Waals surface area contributed by atoms with Crippen LogP contribution in [-0.4, -0.2) is 35.3 Å². The number of carbonyl (C=O) groups excluding carboxylic acids is 2. The van der Waals surface area contributed by atoms with Gasteiger partial charge in [0.05, 0.1) is 0 Å². The molecule has 2 amide bonds. The zero-order valence-corrected chi connectivity index (χ0v) is 11.4. The number of nitrogens with one attached hydrogen (secondary N) is 1. The predicted octanol–water partition coefficient (Wildman–Crippen LogP) is 1.47. The zero-order valence-electron chi connectivity index (χ0n) is 11.4. The van der Waals surface area contributed by atoms with Crippen molar-refractivity contribution in [2.75, 3.05) is 6.54 Å². The van der Waals surface area contributed by atoms with Gasteiger partial charge in [-0.3, -0.25) is 9.59 Å². The Morgan fingerprint density at radius 3 is 2.39 bits per heavy atom. The van der Waals surface area contributed by atoms with Crippen molar-refractivity contribution in [1.29, 1.82) is 0 Å². The van der Waals surface area contributed by atoms with Gasteiger partial charge in [0, 0.05) is 19.0 Å². The number of nitrogens with zero attached hydrogens (tertiary/aromatic N) is 1. The Bertz CT molecular complexity index is 374. The Labute approximate surface area is 108 Å². The van der Waals surface area contributed by atoms with Crippen LogP contribution in [-0.2, 0) is 9.59 Å². The molecule has 100 valence electrons. The van der Waals surface area contributed by atoms with Crippen LogP contribution in [0.15, 0.2) is 12.2 Å². The molecule has 0 aromatic rings. The molecule has 0 saturated carbocycles. The largest absolute Gasteiger partial charge is 0.344 e. The van der Waals surface area contributed by atoms with Crippen molar-refractivity contribution in [3.05, 3.63) is 12.2 Å². The molecule has 18 heavy (non-hydrogen) atoms. The first-order valence-corrected chi connectivity index (χ1v) is 6.64. The van der Waals surface area contributed by atoms with Gasteiger partial charge in [0.2, 0.25) is 11.8 Å². The van der Waals surface area contributed by atoms with Crippen molar-refractivity contribution in [3.8, 4) is 0 Å². The first-order chi connectivity index (χ1) is 8.39. The van der Waals surface area contributed by atoms with Gasteiger partial charge < -0.3 is 10.2 Å². The van der Waals surface area contributed by atoms with E-state index in [-0.39, 0.29) is 23.3 Å². The summed E-state index contributed by atoms with van der Waals surface area (Å²) in [4.78, 5) is 26.2. The zero-order chi connectivity index (χ0) is 13.3. The second-order valence-electron chi connectivity index (χ2n) is 6.24. The van der Waals surface area contributed by atoms with E-state index in [0.717, 1.165) is 12.8 Å². The molecule has 1 atom stereocenters. The number of rotatable bonds is 1. The van der Waals surface area contributed by atoms with Crippen molar-refractivity contribution in [2.45, 2.75) is 52.1 Å². The molecule has 1 aliphatic heterocycles. The lowest BCUT2D eigenvalue weighted by Crippen LogP contribution is -2.53. The summed E-state index contributed by atoms with van der Waals surface area (Å²) in [5, 5.41) is 2.87.